The van der Waals surface area contributed by atoms with Gasteiger partial charge in [0, 0.05) is 4.47 Å². The van der Waals surface area contributed by atoms with E-state index in [1.54, 1.807) is 0 Å². The molecule has 0 saturated carbocycles. The van der Waals surface area contributed by atoms with Gasteiger partial charge in [0.25, 0.3) is 0 Å². The Hall–Kier alpha value is -1.12. The molecule has 0 spiro atoms. The lowest BCUT2D eigenvalue weighted by Gasteiger charge is -2.38. The molecular weight excluding hydrogens is 310 g/mol. The lowest BCUT2D eigenvalue weighted by molar-refractivity contribution is 0.253. The first kappa shape index (κ1) is 13.8. The highest BCUT2D eigenvalue weighted by Gasteiger charge is 2.33. The van der Waals surface area contributed by atoms with Gasteiger partial charge in [-0.3, -0.25) is 0 Å². The van der Waals surface area contributed by atoms with Crippen LogP contribution in [0.1, 0.15) is 23.1 Å². The highest BCUT2D eigenvalue weighted by atomic mass is 79.9. The average Bonchev–Trinajstić information content (AvgIpc) is 2.49. The Labute approximate surface area is 129 Å². The molecule has 1 unspecified atom stereocenters. The topological polar surface area (TPSA) is 26.0 Å². The third-order valence-electron chi connectivity index (χ3n) is 4.56. The van der Waals surface area contributed by atoms with Gasteiger partial charge in [-0.05, 0) is 60.4 Å². The first-order valence-corrected chi connectivity index (χ1v) is 8.02. The van der Waals surface area contributed by atoms with Gasteiger partial charge in [0.15, 0.2) is 0 Å². The molecule has 0 aromatic heterocycles. The number of fused-ring (bicyclic) bond motifs is 1. The molecule has 2 aromatic rings. The van der Waals surface area contributed by atoms with Crippen LogP contribution in [0.2, 0.25) is 0 Å². The van der Waals surface area contributed by atoms with Crippen molar-refractivity contribution in [1.82, 2.24) is 0 Å². The van der Waals surface area contributed by atoms with Crippen LogP contribution in [0.25, 0.3) is 0 Å². The second-order valence-electron chi connectivity index (χ2n) is 5.92. The van der Waals surface area contributed by atoms with Gasteiger partial charge in [0.1, 0.15) is 0 Å². The molecule has 0 saturated heterocycles. The molecule has 104 valence electrons. The summed E-state index contributed by atoms with van der Waals surface area (Å²) in [5.41, 5.74) is 10.7. The second-order valence-corrected chi connectivity index (χ2v) is 6.77. The first-order chi connectivity index (χ1) is 9.72. The zero-order chi connectivity index (χ0) is 14.0. The van der Waals surface area contributed by atoms with Crippen LogP contribution in [0.5, 0.6) is 0 Å². The SMILES string of the molecule is NCC1(Cc2ccccc2Br)CCc2ccccc2C1. The van der Waals surface area contributed by atoms with Crippen molar-refractivity contribution in [3.8, 4) is 0 Å². The fourth-order valence-electron chi connectivity index (χ4n) is 3.31. The summed E-state index contributed by atoms with van der Waals surface area (Å²) in [7, 11) is 0. The van der Waals surface area contributed by atoms with E-state index in [4.69, 9.17) is 5.73 Å². The predicted molar refractivity (Wildman–Crippen MR) is 87.8 cm³/mol. The van der Waals surface area contributed by atoms with Crippen LogP contribution in [0.4, 0.5) is 0 Å². The molecule has 3 rings (SSSR count). The molecule has 2 heteroatoms. The molecule has 2 aromatic carbocycles. The minimum Gasteiger partial charge on any atom is -0.330 e. The molecule has 1 nitrogen and oxygen atoms in total. The molecule has 2 N–H and O–H groups in total. The molecule has 0 amide bonds. The van der Waals surface area contributed by atoms with E-state index >= 15 is 0 Å². The number of halogens is 1. The summed E-state index contributed by atoms with van der Waals surface area (Å²) in [5, 5.41) is 0. The van der Waals surface area contributed by atoms with Crippen LogP contribution in [0.3, 0.4) is 0 Å². The van der Waals surface area contributed by atoms with E-state index in [1.165, 1.54) is 27.6 Å². The van der Waals surface area contributed by atoms with E-state index in [0.717, 1.165) is 25.8 Å². The maximum atomic E-state index is 6.18. The number of nitrogens with two attached hydrogens (primary N) is 1. The van der Waals surface area contributed by atoms with Crippen molar-refractivity contribution >= 4 is 15.9 Å². The molecule has 0 heterocycles. The molecule has 0 bridgehead atoms. The van der Waals surface area contributed by atoms with Gasteiger partial charge in [-0.25, -0.2) is 0 Å². The van der Waals surface area contributed by atoms with E-state index < -0.39 is 0 Å². The Kier molecular flexibility index (Phi) is 3.95. The predicted octanol–water partition coefficient (Wildman–Crippen LogP) is 4.13. The Balaban J connectivity index is 1.89. The van der Waals surface area contributed by atoms with E-state index in [1.807, 2.05) is 0 Å². The molecule has 1 aliphatic carbocycles. The molecule has 0 fully saturated rings. The number of rotatable bonds is 3. The molecule has 0 radical (unpaired) electrons. The maximum Gasteiger partial charge on any atom is 0.0207 e. The van der Waals surface area contributed by atoms with Gasteiger partial charge in [-0.2, -0.15) is 0 Å². The molecule has 1 atom stereocenters. The lowest BCUT2D eigenvalue weighted by atomic mass is 9.68. The number of benzene rings is 2. The Morgan fingerprint density at radius 3 is 2.45 bits per heavy atom. The normalized spacial score (nSPS) is 21.5. The summed E-state index contributed by atoms with van der Waals surface area (Å²) in [5.74, 6) is 0. The summed E-state index contributed by atoms with van der Waals surface area (Å²) in [6.45, 7) is 0.753. The van der Waals surface area contributed by atoms with Crippen molar-refractivity contribution in [3.05, 3.63) is 69.7 Å². The third-order valence-corrected chi connectivity index (χ3v) is 5.34. The van der Waals surface area contributed by atoms with Crippen molar-refractivity contribution in [3.63, 3.8) is 0 Å². The average molecular weight is 330 g/mol. The third kappa shape index (κ3) is 2.68. The quantitative estimate of drug-likeness (QED) is 0.900. The summed E-state index contributed by atoms with van der Waals surface area (Å²) in [6, 6.07) is 17.3. The van der Waals surface area contributed by atoms with Gasteiger partial charge in [0.05, 0.1) is 0 Å². The Morgan fingerprint density at radius 1 is 1.00 bits per heavy atom. The fourth-order valence-corrected chi connectivity index (χ4v) is 3.73. The summed E-state index contributed by atoms with van der Waals surface area (Å²) >= 11 is 3.67. The van der Waals surface area contributed by atoms with E-state index in [0.29, 0.717) is 0 Å². The number of aryl methyl sites for hydroxylation is 1. The minimum absolute atomic E-state index is 0.207. The van der Waals surface area contributed by atoms with Crippen molar-refractivity contribution in [1.29, 1.82) is 0 Å². The van der Waals surface area contributed by atoms with Gasteiger partial charge < -0.3 is 5.73 Å². The van der Waals surface area contributed by atoms with Crippen LogP contribution in [0, 0.1) is 5.41 Å². The van der Waals surface area contributed by atoms with E-state index in [-0.39, 0.29) is 5.41 Å². The standard InChI is InChI=1S/C18H20BrN/c19-17-8-4-3-7-16(17)12-18(13-20)10-9-14-5-1-2-6-15(14)11-18/h1-8H,9-13,20H2. The number of hydrogen-bond acceptors (Lipinski definition) is 1. The second kappa shape index (κ2) is 5.71. The van der Waals surface area contributed by atoms with Crippen LogP contribution in [-0.2, 0) is 19.3 Å². The number of hydrogen-bond donors (Lipinski definition) is 1. The highest BCUT2D eigenvalue weighted by Crippen LogP contribution is 2.38. The summed E-state index contributed by atoms with van der Waals surface area (Å²) in [4.78, 5) is 0. The summed E-state index contributed by atoms with van der Waals surface area (Å²) in [6.07, 6.45) is 4.49. The fraction of sp³-hybridized carbons (Fsp3) is 0.333. The highest BCUT2D eigenvalue weighted by molar-refractivity contribution is 9.10. The maximum absolute atomic E-state index is 6.18. The van der Waals surface area contributed by atoms with Crippen LogP contribution in [0.15, 0.2) is 53.0 Å². The van der Waals surface area contributed by atoms with Crippen LogP contribution < -0.4 is 5.73 Å². The smallest absolute Gasteiger partial charge is 0.0207 e. The minimum atomic E-state index is 0.207. The van der Waals surface area contributed by atoms with Crippen molar-refractivity contribution < 1.29 is 0 Å². The molecular formula is C18H20BrN. The van der Waals surface area contributed by atoms with Crippen molar-refractivity contribution in [2.45, 2.75) is 25.7 Å². The largest absolute Gasteiger partial charge is 0.330 e. The first-order valence-electron chi connectivity index (χ1n) is 7.23. The molecule has 20 heavy (non-hydrogen) atoms. The Bertz CT molecular complexity index is 608. The zero-order valence-corrected chi connectivity index (χ0v) is 13.2. The van der Waals surface area contributed by atoms with E-state index in [9.17, 15) is 0 Å². The summed E-state index contributed by atoms with van der Waals surface area (Å²) < 4.78 is 1.20. The molecule has 0 aliphatic heterocycles. The zero-order valence-electron chi connectivity index (χ0n) is 11.6. The van der Waals surface area contributed by atoms with Crippen LogP contribution >= 0.6 is 15.9 Å². The van der Waals surface area contributed by atoms with Gasteiger partial charge in [-0.15, -0.1) is 0 Å². The lowest BCUT2D eigenvalue weighted by Crippen LogP contribution is -2.38. The van der Waals surface area contributed by atoms with Gasteiger partial charge >= 0.3 is 0 Å². The van der Waals surface area contributed by atoms with Crippen molar-refractivity contribution in [2.24, 2.45) is 11.1 Å². The Morgan fingerprint density at radius 2 is 1.70 bits per heavy atom. The van der Waals surface area contributed by atoms with Gasteiger partial charge in [-0.1, -0.05) is 58.4 Å². The van der Waals surface area contributed by atoms with Gasteiger partial charge in [0.2, 0.25) is 0 Å². The van der Waals surface area contributed by atoms with Crippen molar-refractivity contribution in [2.75, 3.05) is 6.54 Å². The molecule has 1 aliphatic rings. The van der Waals surface area contributed by atoms with E-state index in [2.05, 4.69) is 64.5 Å². The van der Waals surface area contributed by atoms with Crippen LogP contribution in [-0.4, -0.2) is 6.54 Å². The monoisotopic (exact) mass is 329 g/mol.